The van der Waals surface area contributed by atoms with Crippen molar-refractivity contribution in [3.63, 3.8) is 0 Å². The quantitative estimate of drug-likeness (QED) is 0.759. The fourth-order valence-corrected chi connectivity index (χ4v) is 1.75. The molecule has 0 aliphatic rings. The number of aromatic hydroxyl groups is 1. The molecule has 1 aromatic carbocycles. The number of nitrogens with one attached hydrogen (secondary N) is 1. The van der Waals surface area contributed by atoms with E-state index in [1.165, 1.54) is 24.3 Å². The highest BCUT2D eigenvalue weighted by Gasteiger charge is 2.20. The Morgan fingerprint density at radius 2 is 2.00 bits per heavy atom. The van der Waals surface area contributed by atoms with Gasteiger partial charge in [0.05, 0.1) is 0 Å². The summed E-state index contributed by atoms with van der Waals surface area (Å²) in [7, 11) is 0. The average molecular weight is 295 g/mol. The normalized spacial score (nSPS) is 10.0. The van der Waals surface area contributed by atoms with Crippen molar-refractivity contribution in [1.29, 1.82) is 0 Å². The third kappa shape index (κ3) is 3.38. The second kappa shape index (κ2) is 5.93. The molecule has 0 aliphatic carbocycles. The van der Waals surface area contributed by atoms with Crippen molar-refractivity contribution in [2.24, 2.45) is 0 Å². The summed E-state index contributed by atoms with van der Waals surface area (Å²) >= 11 is 0.867. The first-order chi connectivity index (χ1) is 9.56. The average Bonchev–Trinajstić information content (AvgIpc) is 2.89. The first kappa shape index (κ1) is 13.7. The summed E-state index contributed by atoms with van der Waals surface area (Å²) in [5.41, 5.74) is 0.320. The molecular formula is C10H9N5O4S. The van der Waals surface area contributed by atoms with Crippen LogP contribution >= 0.6 is 11.5 Å². The SMILES string of the molecule is O=C(O)CN(C(=O)Nc1nnns1)c1ccc(O)cc1. The Bertz CT molecular complexity index is 601. The number of carboxylic acid groups (broad SMARTS) is 1. The van der Waals surface area contributed by atoms with Crippen molar-refractivity contribution in [3.05, 3.63) is 24.3 Å². The van der Waals surface area contributed by atoms with Gasteiger partial charge < -0.3 is 10.2 Å². The summed E-state index contributed by atoms with van der Waals surface area (Å²) in [6.45, 7) is -0.539. The molecule has 10 heteroatoms. The van der Waals surface area contributed by atoms with Crippen LogP contribution in [-0.2, 0) is 4.79 Å². The predicted molar refractivity (Wildman–Crippen MR) is 69.8 cm³/mol. The van der Waals surface area contributed by atoms with E-state index >= 15 is 0 Å². The molecule has 1 aromatic heterocycles. The van der Waals surface area contributed by atoms with E-state index in [1.54, 1.807) is 0 Å². The molecule has 9 nitrogen and oxygen atoms in total. The van der Waals surface area contributed by atoms with E-state index in [1.807, 2.05) is 0 Å². The van der Waals surface area contributed by atoms with Crippen LogP contribution in [0.1, 0.15) is 0 Å². The number of carboxylic acids is 1. The van der Waals surface area contributed by atoms with Crippen molar-refractivity contribution in [2.45, 2.75) is 0 Å². The standard InChI is InChI=1S/C10H9N5O4S/c16-7-3-1-6(2-4-7)15(5-8(17)18)10(19)11-9-12-13-14-20-9/h1-4,16H,5H2,(H,17,18)(H,11,12,14,19). The van der Waals surface area contributed by atoms with Gasteiger partial charge in [-0.25, -0.2) is 4.79 Å². The molecule has 3 N–H and O–H groups in total. The first-order valence-corrected chi connectivity index (χ1v) is 6.08. The number of aromatic nitrogens is 3. The molecule has 20 heavy (non-hydrogen) atoms. The third-order valence-corrected chi connectivity index (χ3v) is 2.72. The molecule has 0 atom stereocenters. The van der Waals surface area contributed by atoms with Crippen LogP contribution in [0.4, 0.5) is 15.6 Å². The fourth-order valence-electron chi connectivity index (χ4n) is 1.39. The van der Waals surface area contributed by atoms with Gasteiger partial charge in [-0.15, -0.1) is 0 Å². The van der Waals surface area contributed by atoms with Crippen molar-refractivity contribution in [1.82, 2.24) is 14.8 Å². The van der Waals surface area contributed by atoms with Crippen LogP contribution in [0, 0.1) is 0 Å². The van der Waals surface area contributed by atoms with Gasteiger partial charge in [-0.3, -0.25) is 15.0 Å². The van der Waals surface area contributed by atoms with E-state index in [4.69, 9.17) is 5.11 Å². The number of aliphatic carboxylic acids is 1. The minimum absolute atomic E-state index is 0.0118. The molecule has 0 radical (unpaired) electrons. The summed E-state index contributed by atoms with van der Waals surface area (Å²) in [4.78, 5) is 23.9. The van der Waals surface area contributed by atoms with Crippen LogP contribution in [0.3, 0.4) is 0 Å². The van der Waals surface area contributed by atoms with Crippen LogP contribution < -0.4 is 10.2 Å². The lowest BCUT2D eigenvalue weighted by molar-refractivity contribution is -0.135. The van der Waals surface area contributed by atoms with Gasteiger partial charge >= 0.3 is 12.0 Å². The molecule has 0 saturated heterocycles. The Morgan fingerprint density at radius 1 is 1.30 bits per heavy atom. The number of rotatable bonds is 4. The highest BCUT2D eigenvalue weighted by Crippen LogP contribution is 2.19. The molecule has 0 unspecified atom stereocenters. The van der Waals surface area contributed by atoms with Crippen molar-refractivity contribution in [3.8, 4) is 5.75 Å². The first-order valence-electron chi connectivity index (χ1n) is 5.30. The topological polar surface area (TPSA) is 129 Å². The number of amides is 2. The van der Waals surface area contributed by atoms with Crippen LogP contribution in [0.15, 0.2) is 24.3 Å². The zero-order valence-electron chi connectivity index (χ0n) is 9.92. The molecule has 2 amide bonds. The molecule has 0 spiro atoms. The van der Waals surface area contributed by atoms with E-state index in [2.05, 4.69) is 20.1 Å². The lowest BCUT2D eigenvalue weighted by Crippen LogP contribution is -2.38. The number of carbonyl (C=O) groups is 2. The zero-order chi connectivity index (χ0) is 14.5. The van der Waals surface area contributed by atoms with Gasteiger partial charge in [-0.1, -0.05) is 9.59 Å². The summed E-state index contributed by atoms with van der Waals surface area (Å²) in [5, 5.41) is 27.5. The second-order valence-corrected chi connectivity index (χ2v) is 4.33. The lowest BCUT2D eigenvalue weighted by atomic mass is 10.3. The van der Waals surface area contributed by atoms with Crippen LogP contribution in [0.5, 0.6) is 5.75 Å². The zero-order valence-corrected chi connectivity index (χ0v) is 10.7. The molecule has 1 heterocycles. The molecule has 0 aliphatic heterocycles. The fraction of sp³-hybridized carbons (Fsp3) is 0.100. The number of phenolic OH excluding ortho intramolecular Hbond substituents is 1. The van der Waals surface area contributed by atoms with Gasteiger partial charge in [0.25, 0.3) is 0 Å². The summed E-state index contributed by atoms with van der Waals surface area (Å²) in [6.07, 6.45) is 0. The smallest absolute Gasteiger partial charge is 0.328 e. The Balaban J connectivity index is 2.20. The van der Waals surface area contributed by atoms with Gasteiger partial charge in [0.2, 0.25) is 5.13 Å². The Kier molecular flexibility index (Phi) is 4.05. The summed E-state index contributed by atoms with van der Waals surface area (Å²) in [6, 6.07) is 4.87. The molecule has 2 aromatic rings. The van der Waals surface area contributed by atoms with Crippen LogP contribution in [0.2, 0.25) is 0 Å². The molecule has 0 fully saturated rings. The number of anilines is 2. The van der Waals surface area contributed by atoms with Gasteiger partial charge in [0, 0.05) is 17.2 Å². The van der Waals surface area contributed by atoms with Crippen molar-refractivity contribution >= 4 is 34.4 Å². The monoisotopic (exact) mass is 295 g/mol. The van der Waals surface area contributed by atoms with Crippen molar-refractivity contribution in [2.75, 3.05) is 16.8 Å². The van der Waals surface area contributed by atoms with E-state index in [9.17, 15) is 14.7 Å². The largest absolute Gasteiger partial charge is 0.508 e. The van der Waals surface area contributed by atoms with Gasteiger partial charge in [0.15, 0.2) is 0 Å². The maximum Gasteiger partial charge on any atom is 0.328 e. The van der Waals surface area contributed by atoms with Gasteiger partial charge in [0.1, 0.15) is 12.3 Å². The summed E-state index contributed by atoms with van der Waals surface area (Å²) in [5.74, 6) is -1.17. The minimum Gasteiger partial charge on any atom is -0.508 e. The van der Waals surface area contributed by atoms with E-state index in [0.29, 0.717) is 5.69 Å². The lowest BCUT2D eigenvalue weighted by Gasteiger charge is -2.20. The van der Waals surface area contributed by atoms with E-state index in [0.717, 1.165) is 16.4 Å². The predicted octanol–water partition coefficient (Wildman–Crippen LogP) is 0.762. The molecular weight excluding hydrogens is 286 g/mol. The van der Waals surface area contributed by atoms with E-state index < -0.39 is 18.5 Å². The van der Waals surface area contributed by atoms with Crippen molar-refractivity contribution < 1.29 is 19.8 Å². The third-order valence-electron chi connectivity index (χ3n) is 2.21. The number of hydrogen-bond donors (Lipinski definition) is 3. The Morgan fingerprint density at radius 3 is 2.55 bits per heavy atom. The van der Waals surface area contributed by atoms with Gasteiger partial charge in [-0.05, 0) is 29.5 Å². The number of nitrogens with zero attached hydrogens (tertiary/aromatic N) is 4. The van der Waals surface area contributed by atoms with Crippen LogP contribution in [0.25, 0.3) is 0 Å². The van der Waals surface area contributed by atoms with Gasteiger partial charge in [-0.2, -0.15) is 0 Å². The Labute approximate surface area is 116 Å². The highest BCUT2D eigenvalue weighted by molar-refractivity contribution is 7.09. The van der Waals surface area contributed by atoms with E-state index in [-0.39, 0.29) is 10.9 Å². The number of phenols is 1. The number of benzene rings is 1. The number of hydrogen-bond acceptors (Lipinski definition) is 7. The molecule has 104 valence electrons. The van der Waals surface area contributed by atoms with Crippen LogP contribution in [-0.4, -0.2) is 43.6 Å². The second-order valence-electron chi connectivity index (χ2n) is 3.59. The number of urea groups is 1. The molecule has 2 rings (SSSR count). The highest BCUT2D eigenvalue weighted by atomic mass is 32.1. The molecule has 0 bridgehead atoms. The summed E-state index contributed by atoms with van der Waals surface area (Å²) < 4.78 is 3.48. The minimum atomic E-state index is -1.18. The Hall–Kier alpha value is -2.75. The maximum absolute atomic E-state index is 12.0. The molecule has 0 saturated carbocycles. The number of carbonyl (C=O) groups excluding carboxylic acids is 1. The maximum atomic E-state index is 12.0.